The number of halogens is 2. The number of hydrogen-bond acceptors (Lipinski definition) is 2. The van der Waals surface area contributed by atoms with Crippen LogP contribution in [0.2, 0.25) is 0 Å². The van der Waals surface area contributed by atoms with Gasteiger partial charge in [-0.3, -0.25) is 0 Å². The van der Waals surface area contributed by atoms with Gasteiger partial charge in [-0.2, -0.15) is 0 Å². The zero-order valence-electron chi connectivity index (χ0n) is 11.6. The second kappa shape index (κ2) is 8.04. The zero-order chi connectivity index (χ0) is 16.3. The molecule has 0 aliphatic heterocycles. The van der Waals surface area contributed by atoms with Crippen LogP contribution in [0, 0.1) is 7.14 Å². The molecule has 0 heterocycles. The van der Waals surface area contributed by atoms with Crippen molar-refractivity contribution in [2.24, 2.45) is 0 Å². The van der Waals surface area contributed by atoms with E-state index in [4.69, 9.17) is 40.9 Å². The Labute approximate surface area is 163 Å². The summed E-state index contributed by atoms with van der Waals surface area (Å²) in [6, 6.07) is 7.05. The maximum Gasteiger partial charge on any atom is 0.125 e. The molecule has 102 valence electrons. The van der Waals surface area contributed by atoms with E-state index in [9.17, 15) is 0 Å². The molecule has 0 amide bonds. The Bertz CT molecular complexity index is 589. The van der Waals surface area contributed by atoms with E-state index in [0.717, 1.165) is 7.14 Å². The van der Waals surface area contributed by atoms with E-state index in [1.54, 1.807) is 24.3 Å². The molecule has 0 aromatic heterocycles. The first-order chi connectivity index (χ1) is 10.4. The lowest BCUT2D eigenvalue weighted by Crippen LogP contribution is -2.24. The van der Waals surface area contributed by atoms with Crippen LogP contribution in [-0.4, -0.2) is 44.6 Å². The van der Waals surface area contributed by atoms with Crippen LogP contribution < -0.4 is 31.3 Å². The second-order valence-electron chi connectivity index (χ2n) is 4.53. The molecule has 2 aromatic rings. The normalized spacial score (nSPS) is 10.5. The smallest absolute Gasteiger partial charge is 0.125 e. The minimum absolute atomic E-state index is 0.300. The van der Waals surface area contributed by atoms with E-state index in [1.165, 1.54) is 0 Å². The van der Waals surface area contributed by atoms with Gasteiger partial charge in [-0.15, -0.1) is 0 Å². The average Bonchev–Trinajstić information content (AvgIpc) is 2.38. The molecule has 0 bridgehead atoms. The van der Waals surface area contributed by atoms with Gasteiger partial charge in [-0.1, -0.05) is 46.1 Å². The molecule has 22 heavy (non-hydrogen) atoms. The first-order valence-corrected chi connectivity index (χ1v) is 8.49. The van der Waals surface area contributed by atoms with Crippen molar-refractivity contribution >= 4 is 98.4 Å². The Kier molecular flexibility index (Phi) is 6.61. The Morgan fingerprint density at radius 1 is 0.727 bits per heavy atom. The second-order valence-corrected chi connectivity index (χ2v) is 6.94. The highest BCUT2D eigenvalue weighted by molar-refractivity contribution is 14.1. The third-order valence-corrected chi connectivity index (χ3v) is 4.21. The Morgan fingerprint density at radius 2 is 1.23 bits per heavy atom. The van der Waals surface area contributed by atoms with Gasteiger partial charge in [0, 0.05) is 3.57 Å². The van der Waals surface area contributed by atoms with Gasteiger partial charge >= 0.3 is 0 Å². The van der Waals surface area contributed by atoms with E-state index >= 15 is 0 Å². The summed E-state index contributed by atoms with van der Waals surface area (Å²) < 4.78 is 13.1. The summed E-state index contributed by atoms with van der Waals surface area (Å²) in [6.45, 7) is 0.615. The molecule has 0 aliphatic carbocycles. The predicted octanol–water partition coefficient (Wildman–Crippen LogP) is -0.471. The molecule has 2 aromatic carbocycles. The van der Waals surface area contributed by atoms with Crippen molar-refractivity contribution in [2.45, 2.75) is 0 Å². The molecular formula is C14H8B4I2O2. The Hall–Kier alpha value is -0.240. The maximum absolute atomic E-state index is 5.89. The molecule has 0 fully saturated rings. The van der Waals surface area contributed by atoms with Gasteiger partial charge in [0.1, 0.15) is 56.1 Å². The van der Waals surface area contributed by atoms with Crippen molar-refractivity contribution in [3.05, 3.63) is 31.4 Å². The molecule has 0 saturated heterocycles. The largest absolute Gasteiger partial charge is 0.491 e. The fraction of sp³-hybridized carbons (Fsp3) is 0.143. The number of hydrogen-bond donors (Lipinski definition) is 0. The molecule has 0 N–H and O–H groups in total. The Morgan fingerprint density at radius 3 is 1.77 bits per heavy atom. The molecule has 2 nitrogen and oxygen atoms in total. The van der Waals surface area contributed by atoms with E-state index in [1.807, 2.05) is 0 Å². The minimum atomic E-state index is 0.300. The van der Waals surface area contributed by atoms with Crippen molar-refractivity contribution in [1.82, 2.24) is 0 Å². The summed E-state index contributed by atoms with van der Waals surface area (Å²) in [5.41, 5.74) is 2.11. The maximum atomic E-state index is 5.89. The van der Waals surface area contributed by atoms with Crippen molar-refractivity contribution < 1.29 is 9.47 Å². The van der Waals surface area contributed by atoms with Gasteiger partial charge in [-0.25, -0.2) is 0 Å². The van der Waals surface area contributed by atoms with E-state index in [0.29, 0.717) is 46.6 Å². The van der Waals surface area contributed by atoms with E-state index in [-0.39, 0.29) is 0 Å². The van der Waals surface area contributed by atoms with Crippen LogP contribution >= 0.6 is 45.2 Å². The zero-order valence-corrected chi connectivity index (χ0v) is 15.9. The molecule has 0 atom stereocenters. The average molecular weight is 505 g/mol. The van der Waals surface area contributed by atoms with Crippen LogP contribution in [-0.2, 0) is 0 Å². The van der Waals surface area contributed by atoms with Gasteiger partial charge in [0.15, 0.2) is 0 Å². The highest BCUT2D eigenvalue weighted by atomic mass is 127. The topological polar surface area (TPSA) is 18.5 Å². The summed E-state index contributed by atoms with van der Waals surface area (Å²) in [7, 11) is 23.4. The summed E-state index contributed by atoms with van der Waals surface area (Å²) in [5.74, 6) is 1.07. The highest BCUT2D eigenvalue weighted by Gasteiger charge is 2.07. The molecule has 8 heteroatoms. The first kappa shape index (κ1) is 18.1. The summed E-state index contributed by atoms with van der Waals surface area (Å²) >= 11 is 4.27. The van der Waals surface area contributed by atoms with Crippen LogP contribution in [0.15, 0.2) is 24.3 Å². The van der Waals surface area contributed by atoms with Gasteiger partial charge in [0.05, 0.1) is 3.57 Å². The molecular weight excluding hydrogens is 497 g/mol. The summed E-state index contributed by atoms with van der Waals surface area (Å²) in [6.07, 6.45) is 0. The molecule has 0 unspecified atom stereocenters. The molecule has 8 radical (unpaired) electrons. The van der Waals surface area contributed by atoms with Crippen molar-refractivity contribution in [2.75, 3.05) is 13.2 Å². The standard InChI is InChI=1S/C14H8B4I2O2/c15-7-3-9(16)14(12(20)4-7)22-2-1-21-13-10(17)5-8(19)6-11(13)18/h3-6H,1-2H2. The van der Waals surface area contributed by atoms with E-state index in [2.05, 4.69) is 45.2 Å². The third-order valence-electron chi connectivity index (χ3n) is 2.78. The minimum Gasteiger partial charge on any atom is -0.491 e. The summed E-state index contributed by atoms with van der Waals surface area (Å²) in [4.78, 5) is 0. The molecule has 0 aliphatic rings. The molecule has 0 spiro atoms. The predicted molar refractivity (Wildman–Crippen MR) is 111 cm³/mol. The van der Waals surface area contributed by atoms with Crippen LogP contribution in [0.5, 0.6) is 11.5 Å². The summed E-state index contributed by atoms with van der Waals surface area (Å²) in [5, 5.41) is 0. The third kappa shape index (κ3) is 4.63. The first-order valence-electron chi connectivity index (χ1n) is 6.33. The van der Waals surface area contributed by atoms with Gasteiger partial charge < -0.3 is 9.47 Å². The molecule has 0 saturated carbocycles. The van der Waals surface area contributed by atoms with Crippen LogP contribution in [0.4, 0.5) is 0 Å². The van der Waals surface area contributed by atoms with Crippen molar-refractivity contribution in [3.63, 3.8) is 0 Å². The number of benzene rings is 2. The van der Waals surface area contributed by atoms with Crippen molar-refractivity contribution in [1.29, 1.82) is 0 Å². The quantitative estimate of drug-likeness (QED) is 0.311. The van der Waals surface area contributed by atoms with Crippen LogP contribution in [0.1, 0.15) is 0 Å². The number of ether oxygens (including phenoxy) is 2. The Balaban J connectivity index is 1.96. The van der Waals surface area contributed by atoms with Crippen LogP contribution in [0.3, 0.4) is 0 Å². The molecule has 2 rings (SSSR count). The fourth-order valence-corrected chi connectivity index (χ4v) is 3.38. The van der Waals surface area contributed by atoms with Crippen LogP contribution in [0.25, 0.3) is 0 Å². The lowest BCUT2D eigenvalue weighted by Gasteiger charge is -2.16. The number of rotatable bonds is 5. The SMILES string of the molecule is [B]c1cc([B])c(OCCOc2c([B])cc(I)cc2[B])c(I)c1. The monoisotopic (exact) mass is 506 g/mol. The van der Waals surface area contributed by atoms with Crippen molar-refractivity contribution in [3.8, 4) is 11.5 Å². The van der Waals surface area contributed by atoms with E-state index < -0.39 is 0 Å². The lowest BCUT2D eigenvalue weighted by atomic mass is 9.86. The lowest BCUT2D eigenvalue weighted by molar-refractivity contribution is 0.219. The van der Waals surface area contributed by atoms with Gasteiger partial charge in [0.2, 0.25) is 0 Å². The van der Waals surface area contributed by atoms with Gasteiger partial charge in [-0.05, 0) is 45.2 Å². The van der Waals surface area contributed by atoms with Gasteiger partial charge in [0.25, 0.3) is 0 Å². The fourth-order valence-electron chi connectivity index (χ4n) is 1.88. The highest BCUT2D eigenvalue weighted by Crippen LogP contribution is 2.16.